The van der Waals surface area contributed by atoms with Crippen LogP contribution in [0.15, 0.2) is 29.3 Å². The number of phenolic OH excluding ortho intramolecular Hbond substituents is 1. The van der Waals surface area contributed by atoms with Crippen LogP contribution in [0.4, 0.5) is 5.69 Å². The summed E-state index contributed by atoms with van der Waals surface area (Å²) in [5.41, 5.74) is 6.30. The molecule has 0 unspecified atom stereocenters. The Morgan fingerprint density at radius 1 is 1.35 bits per heavy atom. The number of hydrogen-bond donors (Lipinski definition) is 3. The van der Waals surface area contributed by atoms with E-state index in [0.29, 0.717) is 6.42 Å². The molecule has 0 aliphatic rings. The van der Waals surface area contributed by atoms with Crippen LogP contribution in [0.3, 0.4) is 0 Å². The van der Waals surface area contributed by atoms with Crippen LogP contribution in [-0.4, -0.2) is 37.0 Å². The lowest BCUT2D eigenvalue weighted by atomic mass is 10.3. The molecule has 4 N–H and O–H groups in total. The lowest BCUT2D eigenvalue weighted by molar-refractivity contribution is -0.117. The van der Waals surface area contributed by atoms with Crippen molar-refractivity contribution in [2.75, 3.05) is 25.4 Å². The van der Waals surface area contributed by atoms with Crippen molar-refractivity contribution in [2.45, 2.75) is 13.3 Å². The lowest BCUT2D eigenvalue weighted by Crippen LogP contribution is -2.22. The van der Waals surface area contributed by atoms with Crippen molar-refractivity contribution in [1.29, 1.82) is 0 Å². The number of rotatable bonds is 8. The SMILES string of the molecule is CCC(=O)N=C(N)COCOCNc1ccc(O)cc1. The highest BCUT2D eigenvalue weighted by atomic mass is 16.7. The van der Waals surface area contributed by atoms with Gasteiger partial charge in [0.05, 0.1) is 0 Å². The van der Waals surface area contributed by atoms with Crippen molar-refractivity contribution >= 4 is 17.4 Å². The molecule has 1 aromatic carbocycles. The number of ether oxygens (including phenoxy) is 2. The topological polar surface area (TPSA) is 106 Å². The van der Waals surface area contributed by atoms with E-state index in [-0.39, 0.29) is 37.6 Å². The number of carbonyl (C=O) groups excluding carboxylic acids is 1. The van der Waals surface area contributed by atoms with Crippen LogP contribution in [-0.2, 0) is 14.3 Å². The Bertz CT molecular complexity index is 445. The van der Waals surface area contributed by atoms with Gasteiger partial charge in [-0.2, -0.15) is 4.99 Å². The smallest absolute Gasteiger partial charge is 0.247 e. The van der Waals surface area contributed by atoms with Gasteiger partial charge in [-0.25, -0.2) is 0 Å². The normalized spacial score (nSPS) is 11.3. The Balaban J connectivity index is 2.09. The molecule has 0 saturated carbocycles. The van der Waals surface area contributed by atoms with Gasteiger partial charge >= 0.3 is 0 Å². The standard InChI is InChI=1S/C13H19N3O4/c1-2-13(18)16-12(14)7-19-9-20-8-15-10-3-5-11(17)6-4-10/h3-6,15,17H,2,7-9H2,1H3,(H2,14,16,18). The van der Waals surface area contributed by atoms with Gasteiger partial charge in [0.2, 0.25) is 5.91 Å². The monoisotopic (exact) mass is 281 g/mol. The molecular formula is C13H19N3O4. The number of nitrogens with two attached hydrogens (primary N) is 1. The molecule has 7 heteroatoms. The molecule has 0 spiro atoms. The van der Waals surface area contributed by atoms with Gasteiger partial charge in [0, 0.05) is 12.1 Å². The summed E-state index contributed by atoms with van der Waals surface area (Å²) < 4.78 is 10.2. The second-order valence-electron chi connectivity index (χ2n) is 3.89. The fraction of sp³-hybridized carbons (Fsp3) is 0.385. The Labute approximate surface area is 117 Å². The van der Waals surface area contributed by atoms with Crippen LogP contribution < -0.4 is 11.1 Å². The molecule has 0 heterocycles. The Kier molecular flexibility index (Phi) is 7.08. The zero-order valence-corrected chi connectivity index (χ0v) is 11.3. The predicted octanol–water partition coefficient (Wildman–Crippen LogP) is 1.05. The second kappa shape index (κ2) is 8.89. The number of anilines is 1. The first-order valence-electron chi connectivity index (χ1n) is 6.16. The van der Waals surface area contributed by atoms with Crippen molar-refractivity contribution in [3.05, 3.63) is 24.3 Å². The van der Waals surface area contributed by atoms with Crippen LogP contribution in [0.25, 0.3) is 0 Å². The average molecular weight is 281 g/mol. The Hall–Kier alpha value is -2.12. The molecule has 0 aromatic heterocycles. The zero-order valence-electron chi connectivity index (χ0n) is 11.3. The van der Waals surface area contributed by atoms with E-state index >= 15 is 0 Å². The number of carbonyl (C=O) groups is 1. The molecule has 0 saturated heterocycles. The Morgan fingerprint density at radius 3 is 2.70 bits per heavy atom. The molecule has 1 rings (SSSR count). The minimum atomic E-state index is -0.277. The number of benzene rings is 1. The molecule has 0 aliphatic carbocycles. The van der Waals surface area contributed by atoms with Gasteiger partial charge in [-0.05, 0) is 24.3 Å². The zero-order chi connectivity index (χ0) is 14.8. The summed E-state index contributed by atoms with van der Waals surface area (Å²) in [7, 11) is 0. The maximum absolute atomic E-state index is 11.0. The predicted molar refractivity (Wildman–Crippen MR) is 75.4 cm³/mol. The summed E-state index contributed by atoms with van der Waals surface area (Å²) >= 11 is 0. The Morgan fingerprint density at radius 2 is 2.05 bits per heavy atom. The first kappa shape index (κ1) is 15.9. The van der Waals surface area contributed by atoms with Crippen LogP contribution in [0, 0.1) is 0 Å². The van der Waals surface area contributed by atoms with Gasteiger partial charge < -0.3 is 25.6 Å². The number of amidine groups is 1. The van der Waals surface area contributed by atoms with E-state index in [1.165, 1.54) is 0 Å². The van der Waals surface area contributed by atoms with Gasteiger partial charge in [-0.3, -0.25) is 4.79 Å². The maximum atomic E-state index is 11.0. The summed E-state index contributed by atoms with van der Waals surface area (Å²) in [6.07, 6.45) is 0.313. The summed E-state index contributed by atoms with van der Waals surface area (Å²) in [6, 6.07) is 6.59. The lowest BCUT2D eigenvalue weighted by Gasteiger charge is -2.08. The molecule has 0 bridgehead atoms. The van der Waals surface area contributed by atoms with E-state index in [0.717, 1.165) is 5.69 Å². The quantitative estimate of drug-likeness (QED) is 0.216. The molecule has 7 nitrogen and oxygen atoms in total. The molecule has 110 valence electrons. The third-order valence-corrected chi connectivity index (χ3v) is 2.23. The molecule has 0 atom stereocenters. The maximum Gasteiger partial charge on any atom is 0.247 e. The minimum absolute atomic E-state index is 0.0294. The fourth-order valence-electron chi connectivity index (χ4n) is 1.23. The first-order chi connectivity index (χ1) is 9.61. The third kappa shape index (κ3) is 6.72. The first-order valence-corrected chi connectivity index (χ1v) is 6.16. The highest BCUT2D eigenvalue weighted by Crippen LogP contribution is 2.13. The number of nitrogens with zero attached hydrogens (tertiary/aromatic N) is 1. The largest absolute Gasteiger partial charge is 0.508 e. The average Bonchev–Trinajstić information content (AvgIpc) is 2.44. The molecule has 0 fully saturated rings. The summed E-state index contributed by atoms with van der Waals surface area (Å²) in [5.74, 6) is 0.0594. The number of aliphatic imine (C=N–C) groups is 1. The van der Waals surface area contributed by atoms with Crippen molar-refractivity contribution in [1.82, 2.24) is 0 Å². The number of hydrogen-bond acceptors (Lipinski definition) is 5. The molecule has 0 aliphatic heterocycles. The van der Waals surface area contributed by atoms with Gasteiger partial charge in [-0.1, -0.05) is 6.92 Å². The second-order valence-corrected chi connectivity index (χ2v) is 3.89. The molecule has 1 aromatic rings. The number of nitrogens with one attached hydrogen (secondary N) is 1. The van der Waals surface area contributed by atoms with Crippen molar-refractivity contribution in [3.63, 3.8) is 0 Å². The van der Waals surface area contributed by atoms with E-state index in [4.69, 9.17) is 20.3 Å². The van der Waals surface area contributed by atoms with E-state index < -0.39 is 0 Å². The van der Waals surface area contributed by atoms with Gasteiger partial charge in [0.1, 0.15) is 31.7 Å². The molecule has 1 amide bonds. The summed E-state index contributed by atoms with van der Waals surface area (Å²) in [4.78, 5) is 14.6. The highest BCUT2D eigenvalue weighted by molar-refractivity contribution is 5.94. The van der Waals surface area contributed by atoms with Crippen LogP contribution in [0.5, 0.6) is 5.75 Å². The van der Waals surface area contributed by atoms with Crippen LogP contribution >= 0.6 is 0 Å². The van der Waals surface area contributed by atoms with E-state index in [9.17, 15) is 4.79 Å². The summed E-state index contributed by atoms with van der Waals surface area (Å²) in [6.45, 7) is 2.03. The van der Waals surface area contributed by atoms with Crippen molar-refractivity contribution in [2.24, 2.45) is 10.7 Å². The fourth-order valence-corrected chi connectivity index (χ4v) is 1.23. The number of aromatic hydroxyl groups is 1. The number of phenols is 1. The van der Waals surface area contributed by atoms with Crippen molar-refractivity contribution in [3.8, 4) is 5.75 Å². The minimum Gasteiger partial charge on any atom is -0.508 e. The van der Waals surface area contributed by atoms with Gasteiger partial charge in [0.25, 0.3) is 0 Å². The highest BCUT2D eigenvalue weighted by Gasteiger charge is 1.98. The molecular weight excluding hydrogens is 262 g/mol. The van der Waals surface area contributed by atoms with E-state index in [1.54, 1.807) is 31.2 Å². The molecule has 0 radical (unpaired) electrons. The summed E-state index contributed by atoms with van der Waals surface area (Å²) in [5, 5.41) is 12.1. The van der Waals surface area contributed by atoms with E-state index in [2.05, 4.69) is 10.3 Å². The molecule has 20 heavy (non-hydrogen) atoms. The van der Waals surface area contributed by atoms with Crippen LogP contribution in [0.2, 0.25) is 0 Å². The van der Waals surface area contributed by atoms with Gasteiger partial charge in [-0.15, -0.1) is 0 Å². The third-order valence-electron chi connectivity index (χ3n) is 2.23. The van der Waals surface area contributed by atoms with Gasteiger partial charge in [0.15, 0.2) is 0 Å². The van der Waals surface area contributed by atoms with E-state index in [1.807, 2.05) is 0 Å². The number of amides is 1. The van der Waals surface area contributed by atoms with Crippen molar-refractivity contribution < 1.29 is 19.4 Å². The van der Waals surface area contributed by atoms with Crippen LogP contribution in [0.1, 0.15) is 13.3 Å².